The molecule has 0 atom stereocenters. The van der Waals surface area contributed by atoms with Crippen LogP contribution in [0.4, 0.5) is 0 Å². The van der Waals surface area contributed by atoms with Crippen LogP contribution in [0.5, 0.6) is 0 Å². The van der Waals surface area contributed by atoms with Crippen molar-refractivity contribution in [1.82, 2.24) is 9.80 Å². The van der Waals surface area contributed by atoms with E-state index < -0.39 is 0 Å². The van der Waals surface area contributed by atoms with Gasteiger partial charge in [-0.05, 0) is 45.2 Å². The Morgan fingerprint density at radius 2 is 1.95 bits per heavy atom. The third-order valence-electron chi connectivity index (χ3n) is 4.52. The molecule has 2 rings (SSSR count). The molecule has 6 heteroatoms. The highest BCUT2D eigenvalue weighted by Crippen LogP contribution is 2.11. The van der Waals surface area contributed by atoms with E-state index in [9.17, 15) is 9.59 Å². The summed E-state index contributed by atoms with van der Waals surface area (Å²) in [6, 6.07) is 0.320. The molecule has 2 fully saturated rings. The van der Waals surface area contributed by atoms with Crippen LogP contribution in [0.15, 0.2) is 0 Å². The predicted molar refractivity (Wildman–Crippen MR) is 84.3 cm³/mol. The fourth-order valence-electron chi connectivity index (χ4n) is 3.04. The molecule has 2 saturated heterocycles. The Hall–Kier alpha value is -1.14. The van der Waals surface area contributed by atoms with E-state index in [2.05, 4.69) is 4.90 Å². The summed E-state index contributed by atoms with van der Waals surface area (Å²) >= 11 is 0. The highest BCUT2D eigenvalue weighted by molar-refractivity contribution is 5.76. The number of esters is 1. The number of ether oxygens (including phenoxy) is 1. The third-order valence-corrected chi connectivity index (χ3v) is 4.52. The van der Waals surface area contributed by atoms with Gasteiger partial charge in [0.15, 0.2) is 0 Å². The van der Waals surface area contributed by atoms with Gasteiger partial charge < -0.3 is 20.3 Å². The molecule has 2 N–H and O–H groups in total. The van der Waals surface area contributed by atoms with Crippen molar-refractivity contribution in [2.45, 2.75) is 51.0 Å². The van der Waals surface area contributed by atoms with Gasteiger partial charge in [-0.25, -0.2) is 0 Å². The number of likely N-dealkylation sites (tertiary alicyclic amines) is 2. The molecule has 0 aliphatic carbocycles. The van der Waals surface area contributed by atoms with Crippen LogP contribution in [0.1, 0.15) is 44.9 Å². The monoisotopic (exact) mass is 311 g/mol. The maximum Gasteiger partial charge on any atom is 0.307 e. The van der Waals surface area contributed by atoms with Crippen LogP contribution in [0.25, 0.3) is 0 Å². The molecule has 126 valence electrons. The molecule has 2 aliphatic heterocycles. The zero-order valence-corrected chi connectivity index (χ0v) is 13.5. The Bertz CT molecular complexity index is 368. The highest BCUT2D eigenvalue weighted by Gasteiger charge is 2.18. The number of nitrogens with zero attached hydrogens (tertiary/aromatic N) is 2. The van der Waals surface area contributed by atoms with Gasteiger partial charge >= 0.3 is 5.97 Å². The summed E-state index contributed by atoms with van der Waals surface area (Å²) in [5, 5.41) is 0. The smallest absolute Gasteiger partial charge is 0.307 e. The van der Waals surface area contributed by atoms with Gasteiger partial charge in [0.1, 0.15) is 0 Å². The molecular weight excluding hydrogens is 282 g/mol. The van der Waals surface area contributed by atoms with Gasteiger partial charge in [0.05, 0.1) is 13.0 Å². The van der Waals surface area contributed by atoms with Crippen LogP contribution in [0.2, 0.25) is 0 Å². The molecule has 0 aromatic rings. The standard InChI is InChI=1S/C16H29N3O3/c17-14-5-10-18(11-6-14)12-7-16(21)22-13-3-9-19-8-2-1-4-15(19)20/h14H,1-13,17H2. The van der Waals surface area contributed by atoms with Gasteiger partial charge in [0, 0.05) is 32.1 Å². The zero-order valence-electron chi connectivity index (χ0n) is 13.5. The molecule has 0 bridgehead atoms. The first-order valence-corrected chi connectivity index (χ1v) is 8.56. The Morgan fingerprint density at radius 1 is 1.18 bits per heavy atom. The molecule has 2 heterocycles. The largest absolute Gasteiger partial charge is 0.466 e. The molecule has 0 aromatic carbocycles. The van der Waals surface area contributed by atoms with Gasteiger partial charge in [-0.1, -0.05) is 0 Å². The van der Waals surface area contributed by atoms with Crippen LogP contribution < -0.4 is 5.73 Å². The summed E-state index contributed by atoms with van der Waals surface area (Å²) in [7, 11) is 0. The second-order valence-corrected chi connectivity index (χ2v) is 6.34. The lowest BCUT2D eigenvalue weighted by molar-refractivity contribution is -0.144. The van der Waals surface area contributed by atoms with Gasteiger partial charge in [-0.15, -0.1) is 0 Å². The number of hydrogen-bond donors (Lipinski definition) is 1. The van der Waals surface area contributed by atoms with Gasteiger partial charge in [0.2, 0.25) is 5.91 Å². The second kappa shape index (κ2) is 9.10. The summed E-state index contributed by atoms with van der Waals surface area (Å²) in [6.07, 6.45) is 5.96. The highest BCUT2D eigenvalue weighted by atomic mass is 16.5. The molecule has 1 amide bonds. The summed E-state index contributed by atoms with van der Waals surface area (Å²) in [6.45, 7) is 4.68. The van der Waals surface area contributed by atoms with Crippen molar-refractivity contribution < 1.29 is 14.3 Å². The lowest BCUT2D eigenvalue weighted by Crippen LogP contribution is -2.40. The number of carbonyl (C=O) groups excluding carboxylic acids is 2. The van der Waals surface area contributed by atoms with Crippen LogP contribution in [0, 0.1) is 0 Å². The van der Waals surface area contributed by atoms with Crippen molar-refractivity contribution in [3.05, 3.63) is 0 Å². The summed E-state index contributed by atoms with van der Waals surface area (Å²) in [5.41, 5.74) is 5.86. The number of nitrogens with two attached hydrogens (primary N) is 1. The summed E-state index contributed by atoms with van der Waals surface area (Å²) in [4.78, 5) is 27.5. The van der Waals surface area contributed by atoms with Crippen LogP contribution in [-0.2, 0) is 14.3 Å². The first-order valence-electron chi connectivity index (χ1n) is 8.56. The lowest BCUT2D eigenvalue weighted by atomic mass is 10.1. The predicted octanol–water partition coefficient (Wildman–Crippen LogP) is 0.745. The second-order valence-electron chi connectivity index (χ2n) is 6.34. The van der Waals surface area contributed by atoms with E-state index in [1.165, 1.54) is 0 Å². The zero-order chi connectivity index (χ0) is 15.8. The Morgan fingerprint density at radius 3 is 2.68 bits per heavy atom. The number of carbonyl (C=O) groups is 2. The average Bonchev–Trinajstić information content (AvgIpc) is 2.52. The van der Waals surface area contributed by atoms with Crippen LogP contribution in [-0.4, -0.2) is 67.0 Å². The Labute approximate surface area is 132 Å². The first kappa shape index (κ1) is 17.2. The summed E-state index contributed by atoms with van der Waals surface area (Å²) in [5.74, 6) is 0.0979. The van der Waals surface area contributed by atoms with E-state index in [0.29, 0.717) is 32.0 Å². The van der Waals surface area contributed by atoms with Crippen molar-refractivity contribution in [2.75, 3.05) is 39.3 Å². The van der Waals surface area contributed by atoms with Gasteiger partial charge in [-0.2, -0.15) is 0 Å². The van der Waals surface area contributed by atoms with Gasteiger partial charge in [0.25, 0.3) is 0 Å². The molecule has 0 unspecified atom stereocenters. The number of piperidine rings is 2. The molecule has 22 heavy (non-hydrogen) atoms. The van der Waals surface area contributed by atoms with Crippen molar-refractivity contribution in [3.63, 3.8) is 0 Å². The molecule has 2 aliphatic rings. The minimum Gasteiger partial charge on any atom is -0.466 e. The van der Waals surface area contributed by atoms with Gasteiger partial charge in [-0.3, -0.25) is 9.59 Å². The Balaban J connectivity index is 1.49. The van der Waals surface area contributed by atoms with Crippen molar-refractivity contribution in [3.8, 4) is 0 Å². The fraction of sp³-hybridized carbons (Fsp3) is 0.875. The van der Waals surface area contributed by atoms with E-state index in [0.717, 1.165) is 58.3 Å². The maximum absolute atomic E-state index is 11.7. The van der Waals surface area contributed by atoms with E-state index >= 15 is 0 Å². The SMILES string of the molecule is NC1CCN(CCC(=O)OCCCN2CCCCC2=O)CC1. The van der Waals surface area contributed by atoms with E-state index in [4.69, 9.17) is 10.5 Å². The van der Waals surface area contributed by atoms with Crippen LogP contribution in [0.3, 0.4) is 0 Å². The molecule has 0 radical (unpaired) electrons. The van der Waals surface area contributed by atoms with Crippen LogP contribution >= 0.6 is 0 Å². The van der Waals surface area contributed by atoms with Crippen molar-refractivity contribution in [2.24, 2.45) is 5.73 Å². The lowest BCUT2D eigenvalue weighted by Gasteiger charge is -2.29. The minimum atomic E-state index is -0.139. The first-order chi connectivity index (χ1) is 10.6. The Kier molecular flexibility index (Phi) is 7.12. The topological polar surface area (TPSA) is 75.9 Å². The maximum atomic E-state index is 11.7. The third kappa shape index (κ3) is 5.93. The molecular formula is C16H29N3O3. The minimum absolute atomic E-state index is 0.139. The van der Waals surface area contributed by atoms with Crippen molar-refractivity contribution >= 4 is 11.9 Å². The number of rotatable bonds is 7. The molecule has 0 spiro atoms. The number of amides is 1. The fourth-order valence-corrected chi connectivity index (χ4v) is 3.04. The normalized spacial score (nSPS) is 21.1. The molecule has 0 aromatic heterocycles. The summed E-state index contributed by atoms with van der Waals surface area (Å²) < 4.78 is 5.25. The molecule has 0 saturated carbocycles. The molecule has 6 nitrogen and oxygen atoms in total. The quantitative estimate of drug-likeness (QED) is 0.554. The van der Waals surface area contributed by atoms with E-state index in [-0.39, 0.29) is 11.9 Å². The van der Waals surface area contributed by atoms with E-state index in [1.807, 2.05) is 4.90 Å². The van der Waals surface area contributed by atoms with E-state index in [1.54, 1.807) is 0 Å². The average molecular weight is 311 g/mol. The number of hydrogen-bond acceptors (Lipinski definition) is 5. The van der Waals surface area contributed by atoms with Crippen molar-refractivity contribution in [1.29, 1.82) is 0 Å².